The zero-order valence-electron chi connectivity index (χ0n) is 14.6. The fraction of sp³-hybridized carbons (Fsp3) is 0.409. The van der Waals surface area contributed by atoms with E-state index in [1.807, 2.05) is 24.3 Å². The van der Waals surface area contributed by atoms with E-state index in [1.54, 1.807) is 6.07 Å². The molecule has 0 spiro atoms. The summed E-state index contributed by atoms with van der Waals surface area (Å²) in [6.45, 7) is 2.34. The number of hydrogen-bond donors (Lipinski definition) is 0. The molecule has 0 amide bonds. The van der Waals surface area contributed by atoms with Gasteiger partial charge in [-0.05, 0) is 53.5 Å². The minimum atomic E-state index is -0.812. The topological polar surface area (TPSA) is 23.8 Å². The molecule has 1 aliphatic carbocycles. The molecule has 0 saturated heterocycles. The van der Waals surface area contributed by atoms with Crippen LogP contribution >= 0.6 is 0 Å². The van der Waals surface area contributed by atoms with Gasteiger partial charge in [0.1, 0.15) is 23.3 Å². The number of nitrogens with zero attached hydrogens (tertiary/aromatic N) is 1. The zero-order valence-corrected chi connectivity index (χ0v) is 14.6. The van der Waals surface area contributed by atoms with Gasteiger partial charge in [-0.3, -0.25) is 0 Å². The van der Waals surface area contributed by atoms with Crippen LogP contribution in [-0.4, -0.2) is 0 Å². The second-order valence-corrected chi connectivity index (χ2v) is 7.29. The second kappa shape index (κ2) is 7.78. The molecule has 0 heterocycles. The van der Waals surface area contributed by atoms with Crippen LogP contribution in [0.5, 0.6) is 0 Å². The molecule has 3 rings (SSSR count). The van der Waals surface area contributed by atoms with Gasteiger partial charge < -0.3 is 0 Å². The highest BCUT2D eigenvalue weighted by Gasteiger charge is 2.18. The minimum Gasteiger partial charge on any atom is -0.205 e. The summed E-state index contributed by atoms with van der Waals surface area (Å²) in [4.78, 5) is 0. The van der Waals surface area contributed by atoms with Crippen molar-refractivity contribution in [2.45, 2.75) is 45.4 Å². The zero-order chi connectivity index (χ0) is 17.8. The molecule has 1 aliphatic rings. The maximum Gasteiger partial charge on any atom is 0.144 e. The number of aryl methyl sites for hydroxylation is 1. The molecular formula is C22H23F2N. The highest BCUT2D eigenvalue weighted by atomic mass is 19.1. The molecule has 0 radical (unpaired) electrons. The predicted octanol–water partition coefficient (Wildman–Crippen LogP) is 6.26. The first-order valence-electron chi connectivity index (χ1n) is 9.05. The highest BCUT2D eigenvalue weighted by molar-refractivity contribution is 5.65. The molecule has 0 N–H and O–H groups in total. The lowest BCUT2D eigenvalue weighted by atomic mass is 9.80. The second-order valence-electron chi connectivity index (χ2n) is 7.29. The van der Waals surface area contributed by atoms with E-state index >= 15 is 0 Å². The minimum absolute atomic E-state index is 0.460. The fourth-order valence-electron chi connectivity index (χ4n) is 3.70. The first-order chi connectivity index (χ1) is 12.1. The Balaban J connectivity index is 1.65. The molecule has 0 aromatic heterocycles. The average Bonchev–Trinajstić information content (AvgIpc) is 2.61. The van der Waals surface area contributed by atoms with Crippen molar-refractivity contribution in [2.75, 3.05) is 0 Å². The third-order valence-electron chi connectivity index (χ3n) is 5.42. The predicted molar refractivity (Wildman–Crippen MR) is 96.0 cm³/mol. The van der Waals surface area contributed by atoms with E-state index in [2.05, 4.69) is 6.92 Å². The van der Waals surface area contributed by atoms with Crippen LogP contribution < -0.4 is 0 Å². The monoisotopic (exact) mass is 339 g/mol. The van der Waals surface area contributed by atoms with Crippen molar-refractivity contribution < 1.29 is 8.78 Å². The van der Waals surface area contributed by atoms with Gasteiger partial charge >= 0.3 is 0 Å². The molecule has 0 atom stereocenters. The first-order valence-corrected chi connectivity index (χ1v) is 9.05. The van der Waals surface area contributed by atoms with Gasteiger partial charge in [0.05, 0.1) is 0 Å². The Morgan fingerprint density at radius 3 is 2.12 bits per heavy atom. The summed E-state index contributed by atoms with van der Waals surface area (Å²) in [5.74, 6) is 0.0857. The van der Waals surface area contributed by atoms with Crippen molar-refractivity contribution in [1.29, 1.82) is 5.26 Å². The van der Waals surface area contributed by atoms with Crippen LogP contribution in [0.15, 0.2) is 36.4 Å². The van der Waals surface area contributed by atoms with Gasteiger partial charge in [-0.2, -0.15) is 5.26 Å². The molecule has 0 aliphatic heterocycles. The number of rotatable bonds is 4. The normalized spacial score (nSPS) is 20.2. The molecule has 0 unspecified atom stereocenters. The summed E-state index contributed by atoms with van der Waals surface area (Å²) in [6.07, 6.45) is 7.63. The molecule has 0 bridgehead atoms. The lowest BCUT2D eigenvalue weighted by Crippen LogP contribution is -2.12. The summed E-state index contributed by atoms with van der Waals surface area (Å²) >= 11 is 0. The third-order valence-corrected chi connectivity index (χ3v) is 5.42. The van der Waals surface area contributed by atoms with Crippen LogP contribution in [0.4, 0.5) is 8.78 Å². The smallest absolute Gasteiger partial charge is 0.144 e. The molecule has 3 heteroatoms. The van der Waals surface area contributed by atoms with Gasteiger partial charge in [0.15, 0.2) is 0 Å². The van der Waals surface area contributed by atoms with Crippen molar-refractivity contribution in [3.8, 4) is 17.2 Å². The van der Waals surface area contributed by atoms with E-state index < -0.39 is 17.2 Å². The van der Waals surface area contributed by atoms with Gasteiger partial charge in [0.25, 0.3) is 0 Å². The Bertz CT molecular complexity index is 743. The lowest BCUT2D eigenvalue weighted by molar-refractivity contribution is 0.278. The maximum absolute atomic E-state index is 13.8. The Morgan fingerprint density at radius 2 is 1.56 bits per heavy atom. The first kappa shape index (κ1) is 17.6. The van der Waals surface area contributed by atoms with Gasteiger partial charge in [0, 0.05) is 0 Å². The molecular weight excluding hydrogens is 316 g/mol. The highest BCUT2D eigenvalue weighted by Crippen LogP contribution is 2.31. The van der Waals surface area contributed by atoms with Crippen LogP contribution in [0.3, 0.4) is 0 Å². The molecule has 1 nitrogen and oxygen atoms in total. The Kier molecular flexibility index (Phi) is 5.48. The number of halogens is 2. The quantitative estimate of drug-likeness (QED) is 0.644. The molecule has 2 aromatic rings. The van der Waals surface area contributed by atoms with E-state index in [4.69, 9.17) is 5.26 Å². The Hall–Kier alpha value is -2.21. The Morgan fingerprint density at radius 1 is 0.960 bits per heavy atom. The van der Waals surface area contributed by atoms with Crippen LogP contribution in [0, 0.1) is 34.8 Å². The molecule has 1 fully saturated rings. The lowest BCUT2D eigenvalue weighted by Gasteiger charge is -2.26. The maximum atomic E-state index is 13.8. The van der Waals surface area contributed by atoms with Crippen LogP contribution in [0.1, 0.15) is 50.2 Å². The van der Waals surface area contributed by atoms with Crippen molar-refractivity contribution in [2.24, 2.45) is 11.8 Å². The van der Waals surface area contributed by atoms with Gasteiger partial charge in [0.2, 0.25) is 0 Å². The summed E-state index contributed by atoms with van der Waals surface area (Å²) < 4.78 is 27.5. The Labute approximate surface area is 148 Å². The van der Waals surface area contributed by atoms with Crippen molar-refractivity contribution in [1.82, 2.24) is 0 Å². The standard InChI is InChI=1S/C22H23F2N/c1-15-2-4-16(5-3-15)6-7-17-8-10-18(11-9-17)19-12-21(23)20(14-25)22(24)13-19/h8-13,15-16H,2-7H2,1H3. The number of benzene rings is 2. The summed E-state index contributed by atoms with van der Waals surface area (Å²) in [5, 5.41) is 8.75. The number of hydrogen-bond acceptors (Lipinski definition) is 1. The SMILES string of the molecule is CC1CCC(CCc2ccc(-c3cc(F)c(C#N)c(F)c3)cc2)CC1. The average molecular weight is 339 g/mol. The van der Waals surface area contributed by atoms with Crippen molar-refractivity contribution in [3.63, 3.8) is 0 Å². The van der Waals surface area contributed by atoms with E-state index in [0.29, 0.717) is 5.56 Å². The molecule has 2 aromatic carbocycles. The van der Waals surface area contributed by atoms with Gasteiger partial charge in [-0.1, -0.05) is 56.9 Å². The van der Waals surface area contributed by atoms with Crippen molar-refractivity contribution in [3.05, 3.63) is 59.2 Å². The van der Waals surface area contributed by atoms with Gasteiger partial charge in [-0.25, -0.2) is 8.78 Å². The largest absolute Gasteiger partial charge is 0.205 e. The summed E-state index contributed by atoms with van der Waals surface area (Å²) in [5.41, 5.74) is 1.96. The van der Waals surface area contributed by atoms with Crippen LogP contribution in [-0.2, 0) is 6.42 Å². The molecule has 25 heavy (non-hydrogen) atoms. The molecule has 1 saturated carbocycles. The van der Waals surface area contributed by atoms with E-state index in [1.165, 1.54) is 49.8 Å². The van der Waals surface area contributed by atoms with E-state index in [-0.39, 0.29) is 0 Å². The van der Waals surface area contributed by atoms with Crippen molar-refractivity contribution >= 4 is 0 Å². The van der Waals surface area contributed by atoms with E-state index in [0.717, 1.165) is 23.8 Å². The fourth-order valence-corrected chi connectivity index (χ4v) is 3.70. The molecule has 130 valence electrons. The van der Waals surface area contributed by atoms with Crippen LogP contribution in [0.25, 0.3) is 11.1 Å². The summed E-state index contributed by atoms with van der Waals surface area (Å²) in [7, 11) is 0. The van der Waals surface area contributed by atoms with E-state index in [9.17, 15) is 8.78 Å². The third kappa shape index (κ3) is 4.25. The summed E-state index contributed by atoms with van der Waals surface area (Å²) in [6, 6.07) is 11.9. The number of nitriles is 1. The van der Waals surface area contributed by atoms with Crippen LogP contribution in [0.2, 0.25) is 0 Å². The van der Waals surface area contributed by atoms with Gasteiger partial charge in [-0.15, -0.1) is 0 Å².